The Kier molecular flexibility index (Phi) is 3.87. The Bertz CT molecular complexity index is 624. The molecule has 4 atom stereocenters. The monoisotopic (exact) mass is 326 g/mol. The maximum atomic E-state index is 13.4. The molecule has 0 amide bonds. The van der Waals surface area contributed by atoms with Gasteiger partial charge in [0, 0.05) is 5.41 Å². The van der Waals surface area contributed by atoms with Gasteiger partial charge < -0.3 is 4.74 Å². The zero-order chi connectivity index (χ0) is 16.8. The third kappa shape index (κ3) is 1.84. The van der Waals surface area contributed by atoms with E-state index in [1.54, 1.807) is 0 Å². The molecular formula is C22H30O2. The number of fused-ring (bicyclic) bond motifs is 1. The van der Waals surface area contributed by atoms with Crippen molar-refractivity contribution in [3.05, 3.63) is 35.9 Å². The second-order valence-electron chi connectivity index (χ2n) is 8.51. The summed E-state index contributed by atoms with van der Waals surface area (Å²) >= 11 is 0. The van der Waals surface area contributed by atoms with Crippen LogP contribution >= 0.6 is 0 Å². The molecule has 2 unspecified atom stereocenters. The molecule has 4 saturated carbocycles. The molecule has 1 aromatic carbocycles. The van der Waals surface area contributed by atoms with Crippen molar-refractivity contribution in [1.29, 1.82) is 0 Å². The Labute approximate surface area is 146 Å². The van der Waals surface area contributed by atoms with Crippen molar-refractivity contribution in [3.63, 3.8) is 0 Å². The highest BCUT2D eigenvalue weighted by atomic mass is 16.5. The predicted molar refractivity (Wildman–Crippen MR) is 95.6 cm³/mol. The lowest BCUT2D eigenvalue weighted by Gasteiger charge is -2.65. The molecule has 4 aliphatic rings. The highest BCUT2D eigenvalue weighted by Crippen LogP contribution is 2.81. The molecule has 4 aliphatic carbocycles. The van der Waals surface area contributed by atoms with Gasteiger partial charge in [-0.15, -0.1) is 0 Å². The van der Waals surface area contributed by atoms with Crippen LogP contribution in [-0.4, -0.2) is 11.9 Å². The number of hydrogen-bond acceptors (Lipinski definition) is 2. The number of hydrogen-bond donors (Lipinski definition) is 0. The van der Waals surface area contributed by atoms with Crippen LogP contribution in [0.2, 0.25) is 0 Å². The molecule has 24 heavy (non-hydrogen) atoms. The molecule has 0 aromatic heterocycles. The lowest BCUT2D eigenvalue weighted by molar-refractivity contribution is -0.202. The minimum Gasteiger partial charge on any atom is -0.372 e. The maximum absolute atomic E-state index is 13.4. The summed E-state index contributed by atoms with van der Waals surface area (Å²) in [6.07, 6.45) is 9.26. The normalized spacial score (nSPS) is 40.2. The molecule has 0 radical (unpaired) electrons. The van der Waals surface area contributed by atoms with Crippen molar-refractivity contribution in [3.8, 4) is 0 Å². The summed E-state index contributed by atoms with van der Waals surface area (Å²) in [7, 11) is 0. The highest BCUT2D eigenvalue weighted by Gasteiger charge is 2.85. The van der Waals surface area contributed by atoms with Gasteiger partial charge in [0.15, 0.2) is 0 Å². The Morgan fingerprint density at radius 1 is 1.17 bits per heavy atom. The molecule has 2 bridgehead atoms. The van der Waals surface area contributed by atoms with Gasteiger partial charge in [0.05, 0.1) is 18.1 Å². The van der Waals surface area contributed by atoms with Crippen molar-refractivity contribution in [1.82, 2.24) is 0 Å². The van der Waals surface area contributed by atoms with E-state index in [1.165, 1.54) is 37.7 Å². The van der Waals surface area contributed by atoms with Crippen molar-refractivity contribution in [2.24, 2.45) is 16.2 Å². The molecule has 1 spiro atoms. The number of rotatable bonds is 6. The fraction of sp³-hybridized carbons (Fsp3) is 0.682. The van der Waals surface area contributed by atoms with Gasteiger partial charge in [0.2, 0.25) is 0 Å². The summed E-state index contributed by atoms with van der Waals surface area (Å²) in [5.41, 5.74) is 1.15. The Balaban J connectivity index is 1.59. The molecule has 1 aromatic rings. The zero-order valence-corrected chi connectivity index (χ0v) is 15.1. The third-order valence-corrected chi connectivity index (χ3v) is 7.71. The molecule has 0 heterocycles. The van der Waals surface area contributed by atoms with Gasteiger partial charge in [-0.2, -0.15) is 0 Å². The van der Waals surface area contributed by atoms with E-state index in [0.717, 1.165) is 19.3 Å². The summed E-state index contributed by atoms with van der Waals surface area (Å²) in [6, 6.07) is 10.4. The largest absolute Gasteiger partial charge is 0.372 e. The van der Waals surface area contributed by atoms with Gasteiger partial charge >= 0.3 is 0 Å². The standard InChI is InChI=1S/C22H30O2/c1-3-4-13-21-15-18(24-16-17-10-6-5-7-11-17)22(19(21)23)14-9-8-12-20(21,22)2/h5-7,10-11,18H,3-4,8-9,12-16H2,1-2H3/t18-,20-,21?,22?/m0/s1. The number of ketones is 1. The first-order valence-corrected chi connectivity index (χ1v) is 9.81. The second kappa shape index (κ2) is 5.69. The SMILES string of the molecule is CCCCC12C[C@H](OCc3ccccc3)C3(CCCC[C@@]13C)C2=O. The van der Waals surface area contributed by atoms with Crippen LogP contribution < -0.4 is 0 Å². The number of Topliss-reactive ketones (excluding diaryl/α,β-unsaturated/α-hetero) is 1. The highest BCUT2D eigenvalue weighted by molar-refractivity contribution is 6.02. The quantitative estimate of drug-likeness (QED) is 0.709. The van der Waals surface area contributed by atoms with E-state index in [4.69, 9.17) is 4.74 Å². The minimum absolute atomic E-state index is 0.0786. The molecule has 2 heteroatoms. The molecule has 130 valence electrons. The number of carbonyl (C=O) groups is 1. The van der Waals surface area contributed by atoms with Crippen LogP contribution in [0, 0.1) is 16.2 Å². The first-order valence-electron chi connectivity index (χ1n) is 9.81. The van der Waals surface area contributed by atoms with Crippen LogP contribution in [0.5, 0.6) is 0 Å². The van der Waals surface area contributed by atoms with Gasteiger partial charge in [-0.25, -0.2) is 0 Å². The van der Waals surface area contributed by atoms with E-state index < -0.39 is 0 Å². The Morgan fingerprint density at radius 3 is 2.67 bits per heavy atom. The first kappa shape index (κ1) is 16.3. The van der Waals surface area contributed by atoms with Gasteiger partial charge in [-0.3, -0.25) is 4.79 Å². The number of ether oxygens (including phenoxy) is 1. The van der Waals surface area contributed by atoms with Gasteiger partial charge in [0.25, 0.3) is 0 Å². The summed E-state index contributed by atoms with van der Waals surface area (Å²) in [6.45, 7) is 5.28. The summed E-state index contributed by atoms with van der Waals surface area (Å²) < 4.78 is 6.42. The molecule has 0 N–H and O–H groups in total. The molecular weight excluding hydrogens is 296 g/mol. The zero-order valence-electron chi connectivity index (χ0n) is 15.1. The maximum Gasteiger partial charge on any atom is 0.149 e. The van der Waals surface area contributed by atoms with E-state index >= 15 is 0 Å². The minimum atomic E-state index is -0.173. The molecule has 5 rings (SSSR count). The van der Waals surface area contributed by atoms with E-state index in [-0.39, 0.29) is 22.3 Å². The van der Waals surface area contributed by atoms with Crippen LogP contribution in [0.4, 0.5) is 0 Å². The average Bonchev–Trinajstić information content (AvgIpc) is 3.00. The van der Waals surface area contributed by atoms with Gasteiger partial charge in [0.1, 0.15) is 5.78 Å². The van der Waals surface area contributed by atoms with Gasteiger partial charge in [-0.1, -0.05) is 69.9 Å². The lowest BCUT2D eigenvalue weighted by atomic mass is 9.36. The summed E-state index contributed by atoms with van der Waals surface area (Å²) in [5, 5.41) is 0. The topological polar surface area (TPSA) is 26.3 Å². The Morgan fingerprint density at radius 2 is 1.92 bits per heavy atom. The van der Waals surface area contributed by atoms with Gasteiger partial charge in [-0.05, 0) is 36.7 Å². The van der Waals surface area contributed by atoms with Crippen LogP contribution in [0.3, 0.4) is 0 Å². The summed E-state index contributed by atoms with van der Waals surface area (Å²) in [4.78, 5) is 13.4. The van der Waals surface area contributed by atoms with Crippen LogP contribution in [-0.2, 0) is 16.1 Å². The fourth-order valence-corrected chi connectivity index (χ4v) is 6.44. The molecule has 2 nitrogen and oxygen atoms in total. The van der Waals surface area contributed by atoms with Crippen molar-refractivity contribution < 1.29 is 9.53 Å². The molecule has 0 saturated heterocycles. The second-order valence-corrected chi connectivity index (χ2v) is 8.51. The lowest BCUT2D eigenvalue weighted by Crippen LogP contribution is -2.69. The van der Waals surface area contributed by atoms with E-state index in [2.05, 4.69) is 38.1 Å². The van der Waals surface area contributed by atoms with E-state index in [9.17, 15) is 4.79 Å². The number of unbranched alkanes of at least 4 members (excludes halogenated alkanes) is 1. The average molecular weight is 326 g/mol. The number of benzene rings is 1. The predicted octanol–water partition coefficient (Wildman–Crippen LogP) is 5.30. The van der Waals surface area contributed by atoms with E-state index in [1.807, 2.05) is 6.07 Å². The molecule has 0 aliphatic heterocycles. The van der Waals surface area contributed by atoms with Crippen molar-refractivity contribution in [2.45, 2.75) is 77.9 Å². The van der Waals surface area contributed by atoms with Crippen molar-refractivity contribution in [2.75, 3.05) is 0 Å². The molecule has 4 fully saturated rings. The van der Waals surface area contributed by atoms with Crippen LogP contribution in [0.15, 0.2) is 30.3 Å². The van der Waals surface area contributed by atoms with Crippen LogP contribution in [0.25, 0.3) is 0 Å². The number of carbonyl (C=O) groups excluding carboxylic acids is 1. The van der Waals surface area contributed by atoms with Crippen molar-refractivity contribution >= 4 is 5.78 Å². The first-order chi connectivity index (χ1) is 11.6. The fourth-order valence-electron chi connectivity index (χ4n) is 6.44. The van der Waals surface area contributed by atoms with E-state index in [0.29, 0.717) is 12.4 Å². The smallest absolute Gasteiger partial charge is 0.149 e. The third-order valence-electron chi connectivity index (χ3n) is 7.71. The van der Waals surface area contributed by atoms with Crippen LogP contribution in [0.1, 0.15) is 70.8 Å². The summed E-state index contributed by atoms with van der Waals surface area (Å²) in [5.74, 6) is 0.559. The Hall–Kier alpha value is -1.15.